The number of amides is 2. The van der Waals surface area contributed by atoms with Crippen molar-refractivity contribution in [1.29, 1.82) is 0 Å². The van der Waals surface area contributed by atoms with Crippen LogP contribution in [0.3, 0.4) is 0 Å². The third-order valence-electron chi connectivity index (χ3n) is 4.37. The van der Waals surface area contributed by atoms with E-state index in [2.05, 4.69) is 20.7 Å². The van der Waals surface area contributed by atoms with Gasteiger partial charge in [-0.2, -0.15) is 5.10 Å². The van der Waals surface area contributed by atoms with Crippen molar-refractivity contribution in [2.24, 2.45) is 0 Å². The molecule has 31 heavy (non-hydrogen) atoms. The molecule has 4 aromatic rings. The number of carbonyl (C=O) groups is 2. The number of nitrogens with zero attached hydrogens (tertiary/aromatic N) is 3. The lowest BCUT2D eigenvalue weighted by Gasteiger charge is -2.11. The van der Waals surface area contributed by atoms with E-state index in [1.807, 2.05) is 0 Å². The standard InChI is InChI=1S/C22H15Cl2N5O2/c23-16-3-1-2-15(10-16)22(31)28-20-11-17(6-9-19(20)24)27-21(30)14-4-7-18(8-5-14)29-13-25-12-26-29/h1-13H,(H,27,30)(H,28,31). The van der Waals surface area contributed by atoms with Crippen LogP contribution in [0.2, 0.25) is 10.0 Å². The molecule has 1 heterocycles. The maximum atomic E-state index is 12.6. The van der Waals surface area contributed by atoms with Gasteiger partial charge in [0.25, 0.3) is 11.8 Å². The maximum Gasteiger partial charge on any atom is 0.255 e. The van der Waals surface area contributed by atoms with Crippen LogP contribution in [0, 0.1) is 0 Å². The van der Waals surface area contributed by atoms with Crippen molar-refractivity contribution in [3.63, 3.8) is 0 Å². The van der Waals surface area contributed by atoms with E-state index >= 15 is 0 Å². The highest BCUT2D eigenvalue weighted by Crippen LogP contribution is 2.27. The summed E-state index contributed by atoms with van der Waals surface area (Å²) in [4.78, 5) is 29.0. The zero-order chi connectivity index (χ0) is 21.8. The Morgan fingerprint density at radius 3 is 2.32 bits per heavy atom. The van der Waals surface area contributed by atoms with Gasteiger partial charge in [0.15, 0.2) is 0 Å². The monoisotopic (exact) mass is 451 g/mol. The quantitative estimate of drug-likeness (QED) is 0.442. The molecular weight excluding hydrogens is 437 g/mol. The number of benzene rings is 3. The first kappa shape index (κ1) is 20.6. The molecule has 0 aliphatic rings. The summed E-state index contributed by atoms with van der Waals surface area (Å²) in [5.41, 5.74) is 2.49. The molecule has 0 atom stereocenters. The molecule has 0 unspecified atom stereocenters. The molecule has 0 radical (unpaired) electrons. The van der Waals surface area contributed by atoms with Crippen LogP contribution in [0.4, 0.5) is 11.4 Å². The highest BCUT2D eigenvalue weighted by atomic mass is 35.5. The summed E-state index contributed by atoms with van der Waals surface area (Å²) in [6.07, 6.45) is 3.01. The molecule has 0 fully saturated rings. The van der Waals surface area contributed by atoms with E-state index in [-0.39, 0.29) is 11.8 Å². The molecule has 7 nitrogen and oxygen atoms in total. The molecule has 0 aliphatic heterocycles. The molecule has 1 aromatic heterocycles. The van der Waals surface area contributed by atoms with Crippen LogP contribution in [-0.2, 0) is 0 Å². The highest BCUT2D eigenvalue weighted by molar-refractivity contribution is 6.34. The SMILES string of the molecule is O=C(Nc1ccc(Cl)c(NC(=O)c2cccc(Cl)c2)c1)c1ccc(-n2cncn2)cc1. The molecule has 9 heteroatoms. The van der Waals surface area contributed by atoms with E-state index in [1.165, 1.54) is 6.33 Å². The van der Waals surface area contributed by atoms with E-state index in [1.54, 1.807) is 77.7 Å². The lowest BCUT2D eigenvalue weighted by atomic mass is 10.1. The van der Waals surface area contributed by atoms with Gasteiger partial charge in [0, 0.05) is 21.8 Å². The Bertz CT molecular complexity index is 1240. The van der Waals surface area contributed by atoms with Gasteiger partial charge < -0.3 is 10.6 Å². The summed E-state index contributed by atoms with van der Waals surface area (Å²) in [6.45, 7) is 0. The van der Waals surface area contributed by atoms with Gasteiger partial charge in [0.2, 0.25) is 0 Å². The fourth-order valence-electron chi connectivity index (χ4n) is 2.83. The van der Waals surface area contributed by atoms with E-state index in [4.69, 9.17) is 23.2 Å². The summed E-state index contributed by atoms with van der Waals surface area (Å²) in [7, 11) is 0. The van der Waals surface area contributed by atoms with Crippen LogP contribution in [0.25, 0.3) is 5.69 Å². The second-order valence-electron chi connectivity index (χ2n) is 6.50. The number of hydrogen-bond acceptors (Lipinski definition) is 4. The van der Waals surface area contributed by atoms with Gasteiger partial charge in [-0.1, -0.05) is 29.3 Å². The van der Waals surface area contributed by atoms with Gasteiger partial charge in [-0.25, -0.2) is 9.67 Å². The molecule has 0 bridgehead atoms. The first-order valence-electron chi connectivity index (χ1n) is 9.12. The molecule has 2 N–H and O–H groups in total. The van der Waals surface area contributed by atoms with Crippen LogP contribution < -0.4 is 10.6 Å². The Morgan fingerprint density at radius 1 is 0.839 bits per heavy atom. The molecule has 0 spiro atoms. The summed E-state index contributed by atoms with van der Waals surface area (Å²) in [5.74, 6) is -0.670. The topological polar surface area (TPSA) is 88.9 Å². The molecule has 0 saturated carbocycles. The molecule has 3 aromatic carbocycles. The number of aromatic nitrogens is 3. The van der Waals surface area contributed by atoms with Crippen molar-refractivity contribution in [1.82, 2.24) is 14.8 Å². The van der Waals surface area contributed by atoms with Gasteiger partial charge in [0.1, 0.15) is 12.7 Å². The fourth-order valence-corrected chi connectivity index (χ4v) is 3.19. The Morgan fingerprint density at radius 2 is 1.61 bits per heavy atom. The third kappa shape index (κ3) is 4.91. The van der Waals surface area contributed by atoms with Crippen molar-refractivity contribution < 1.29 is 9.59 Å². The summed E-state index contributed by atoms with van der Waals surface area (Å²) >= 11 is 12.2. The van der Waals surface area contributed by atoms with Crippen LogP contribution in [0.1, 0.15) is 20.7 Å². The zero-order valence-electron chi connectivity index (χ0n) is 15.9. The van der Waals surface area contributed by atoms with Crippen LogP contribution in [-0.4, -0.2) is 26.6 Å². The van der Waals surface area contributed by atoms with Crippen molar-refractivity contribution in [3.8, 4) is 5.69 Å². The zero-order valence-corrected chi connectivity index (χ0v) is 17.4. The minimum atomic E-state index is -0.364. The van der Waals surface area contributed by atoms with E-state index in [0.717, 1.165) is 5.69 Å². The Labute approximate surface area is 187 Å². The van der Waals surface area contributed by atoms with Crippen molar-refractivity contribution >= 4 is 46.4 Å². The van der Waals surface area contributed by atoms with Gasteiger partial charge in [-0.3, -0.25) is 9.59 Å². The highest BCUT2D eigenvalue weighted by Gasteiger charge is 2.12. The van der Waals surface area contributed by atoms with Crippen molar-refractivity contribution in [3.05, 3.63) is 101 Å². The minimum absolute atomic E-state index is 0.306. The lowest BCUT2D eigenvalue weighted by molar-refractivity contribution is 0.101. The Kier molecular flexibility index (Phi) is 5.97. The van der Waals surface area contributed by atoms with E-state index < -0.39 is 0 Å². The van der Waals surface area contributed by atoms with Crippen LogP contribution in [0.5, 0.6) is 0 Å². The van der Waals surface area contributed by atoms with E-state index in [0.29, 0.717) is 32.5 Å². The molecular formula is C22H15Cl2N5O2. The van der Waals surface area contributed by atoms with Crippen molar-refractivity contribution in [2.45, 2.75) is 0 Å². The second-order valence-corrected chi connectivity index (χ2v) is 7.34. The molecule has 4 rings (SSSR count). The maximum absolute atomic E-state index is 12.6. The first-order chi connectivity index (χ1) is 15.0. The lowest BCUT2D eigenvalue weighted by Crippen LogP contribution is -2.14. The summed E-state index contributed by atoms with van der Waals surface area (Å²) in [5, 5.41) is 10.4. The van der Waals surface area contributed by atoms with E-state index in [9.17, 15) is 9.59 Å². The van der Waals surface area contributed by atoms with Crippen LogP contribution >= 0.6 is 23.2 Å². The van der Waals surface area contributed by atoms with Gasteiger partial charge in [-0.05, 0) is 60.7 Å². The molecule has 0 saturated heterocycles. The average molecular weight is 452 g/mol. The average Bonchev–Trinajstić information content (AvgIpc) is 3.31. The second kappa shape index (κ2) is 8.99. The number of rotatable bonds is 5. The molecule has 0 aliphatic carbocycles. The number of nitrogens with one attached hydrogen (secondary N) is 2. The third-order valence-corrected chi connectivity index (χ3v) is 4.94. The Balaban J connectivity index is 1.47. The predicted octanol–water partition coefficient (Wildman–Crippen LogP) is 5.08. The fraction of sp³-hybridized carbons (Fsp3) is 0. The number of hydrogen-bond donors (Lipinski definition) is 2. The van der Waals surface area contributed by atoms with Crippen molar-refractivity contribution in [2.75, 3.05) is 10.6 Å². The minimum Gasteiger partial charge on any atom is -0.322 e. The number of carbonyl (C=O) groups excluding carboxylic acids is 2. The number of halogens is 2. The number of anilines is 2. The Hall–Kier alpha value is -3.68. The summed E-state index contributed by atoms with van der Waals surface area (Å²) < 4.78 is 1.59. The van der Waals surface area contributed by atoms with Crippen LogP contribution in [0.15, 0.2) is 79.4 Å². The van der Waals surface area contributed by atoms with Gasteiger partial charge in [-0.15, -0.1) is 0 Å². The predicted molar refractivity (Wildman–Crippen MR) is 120 cm³/mol. The molecule has 154 valence electrons. The van der Waals surface area contributed by atoms with Gasteiger partial charge in [0.05, 0.1) is 16.4 Å². The summed E-state index contributed by atoms with van der Waals surface area (Å²) in [6, 6.07) is 18.3. The van der Waals surface area contributed by atoms with Gasteiger partial charge >= 0.3 is 0 Å². The first-order valence-corrected chi connectivity index (χ1v) is 9.88. The largest absolute Gasteiger partial charge is 0.322 e. The smallest absolute Gasteiger partial charge is 0.255 e. The molecule has 2 amide bonds. The normalized spacial score (nSPS) is 10.5.